The molecule has 2 N–H and O–H groups in total. The second-order valence-corrected chi connectivity index (χ2v) is 6.37. The van der Waals surface area contributed by atoms with Gasteiger partial charge < -0.3 is 10.6 Å². The van der Waals surface area contributed by atoms with Gasteiger partial charge in [0, 0.05) is 11.3 Å². The fourth-order valence-corrected chi connectivity index (χ4v) is 2.52. The highest BCUT2D eigenvalue weighted by Crippen LogP contribution is 2.13. The highest BCUT2D eigenvalue weighted by Gasteiger charge is 2.25. The van der Waals surface area contributed by atoms with Gasteiger partial charge in [0.1, 0.15) is 6.04 Å². The van der Waals surface area contributed by atoms with Gasteiger partial charge in [-0.3, -0.25) is 9.59 Å². The Morgan fingerprint density at radius 2 is 1.67 bits per heavy atom. The van der Waals surface area contributed by atoms with Crippen LogP contribution in [-0.4, -0.2) is 17.9 Å². The number of hydrogen-bond donors (Lipinski definition) is 2. The molecule has 0 unspecified atom stereocenters. The molecule has 4 heteroatoms. The highest BCUT2D eigenvalue weighted by atomic mass is 16.2. The first-order valence-electron chi connectivity index (χ1n) is 8.12. The Morgan fingerprint density at radius 3 is 2.29 bits per heavy atom. The van der Waals surface area contributed by atoms with Crippen LogP contribution in [0.2, 0.25) is 0 Å². The average molecular weight is 324 g/mol. The Balaban J connectivity index is 2.13. The average Bonchev–Trinajstić information content (AvgIpc) is 2.52. The monoisotopic (exact) mass is 324 g/mol. The fourth-order valence-electron chi connectivity index (χ4n) is 2.52. The molecule has 0 radical (unpaired) electrons. The molecular formula is C20H24N2O2. The van der Waals surface area contributed by atoms with Gasteiger partial charge in [-0.2, -0.15) is 0 Å². The van der Waals surface area contributed by atoms with Crippen molar-refractivity contribution < 1.29 is 9.59 Å². The van der Waals surface area contributed by atoms with Gasteiger partial charge in [0.2, 0.25) is 5.91 Å². The minimum atomic E-state index is -0.599. The summed E-state index contributed by atoms with van der Waals surface area (Å²) in [5.74, 6) is -0.466. The Bertz CT molecular complexity index is 738. The number of amides is 2. The Morgan fingerprint density at radius 1 is 0.958 bits per heavy atom. The molecule has 0 aliphatic carbocycles. The number of rotatable bonds is 5. The quantitative estimate of drug-likeness (QED) is 0.881. The van der Waals surface area contributed by atoms with Crippen LogP contribution in [-0.2, 0) is 4.79 Å². The minimum absolute atomic E-state index is 0.0252. The van der Waals surface area contributed by atoms with Crippen LogP contribution in [0.5, 0.6) is 0 Å². The Kier molecular flexibility index (Phi) is 5.74. The second kappa shape index (κ2) is 7.77. The number of carbonyl (C=O) groups is 2. The molecule has 1 atom stereocenters. The topological polar surface area (TPSA) is 58.2 Å². The van der Waals surface area contributed by atoms with Crippen molar-refractivity contribution in [3.8, 4) is 0 Å². The van der Waals surface area contributed by atoms with Crippen LogP contribution >= 0.6 is 0 Å². The molecule has 0 heterocycles. The van der Waals surface area contributed by atoms with E-state index in [2.05, 4.69) is 10.6 Å². The van der Waals surface area contributed by atoms with Gasteiger partial charge >= 0.3 is 0 Å². The maximum atomic E-state index is 12.6. The van der Waals surface area contributed by atoms with E-state index in [0.29, 0.717) is 5.56 Å². The predicted molar refractivity (Wildman–Crippen MR) is 97.1 cm³/mol. The molecule has 0 spiro atoms. The van der Waals surface area contributed by atoms with E-state index in [0.717, 1.165) is 16.8 Å². The summed E-state index contributed by atoms with van der Waals surface area (Å²) in [6.07, 6.45) is 0. The molecule has 2 amide bonds. The van der Waals surface area contributed by atoms with Crippen molar-refractivity contribution in [1.29, 1.82) is 0 Å². The predicted octanol–water partition coefficient (Wildman–Crippen LogP) is 3.70. The largest absolute Gasteiger partial charge is 0.340 e. The summed E-state index contributed by atoms with van der Waals surface area (Å²) < 4.78 is 0. The van der Waals surface area contributed by atoms with Crippen molar-refractivity contribution in [1.82, 2.24) is 5.32 Å². The van der Waals surface area contributed by atoms with Gasteiger partial charge in [-0.05, 0) is 49.1 Å². The standard InChI is InChI=1S/C20H24N2O2/c1-13(2)18(20(24)21-16-10-7-8-14(3)12-16)22-19(23)17-11-6-5-9-15(17)4/h5-13,18H,1-4H3,(H,21,24)(H,22,23)/t18-/m0/s1. The van der Waals surface area contributed by atoms with Crippen molar-refractivity contribution in [2.45, 2.75) is 33.7 Å². The normalized spacial score (nSPS) is 11.9. The molecule has 2 aromatic rings. The first-order valence-corrected chi connectivity index (χ1v) is 8.12. The smallest absolute Gasteiger partial charge is 0.252 e. The zero-order valence-electron chi connectivity index (χ0n) is 14.6. The van der Waals surface area contributed by atoms with Crippen LogP contribution in [0.1, 0.15) is 35.3 Å². The van der Waals surface area contributed by atoms with Gasteiger partial charge in [0.05, 0.1) is 0 Å². The van der Waals surface area contributed by atoms with Crippen LogP contribution in [0.25, 0.3) is 0 Å². The van der Waals surface area contributed by atoms with Gasteiger partial charge in [0.15, 0.2) is 0 Å². The van der Waals surface area contributed by atoms with Crippen molar-refractivity contribution in [3.05, 3.63) is 65.2 Å². The summed E-state index contributed by atoms with van der Waals surface area (Å²) in [6, 6.07) is 14.3. The van der Waals surface area contributed by atoms with E-state index in [1.807, 2.05) is 70.2 Å². The summed E-state index contributed by atoms with van der Waals surface area (Å²) in [4.78, 5) is 25.1. The van der Waals surface area contributed by atoms with Gasteiger partial charge in [-0.15, -0.1) is 0 Å². The highest BCUT2D eigenvalue weighted by molar-refractivity contribution is 6.01. The molecule has 0 aliphatic heterocycles. The Hall–Kier alpha value is -2.62. The Labute approximate surface area is 143 Å². The lowest BCUT2D eigenvalue weighted by atomic mass is 10.0. The lowest BCUT2D eigenvalue weighted by Crippen LogP contribution is -2.47. The van der Waals surface area contributed by atoms with E-state index < -0.39 is 6.04 Å². The lowest BCUT2D eigenvalue weighted by molar-refractivity contribution is -0.118. The molecule has 0 saturated heterocycles. The molecule has 126 valence electrons. The van der Waals surface area contributed by atoms with Crippen molar-refractivity contribution in [2.75, 3.05) is 5.32 Å². The maximum absolute atomic E-state index is 12.6. The first kappa shape index (κ1) is 17.7. The molecule has 24 heavy (non-hydrogen) atoms. The first-order chi connectivity index (χ1) is 11.4. The van der Waals surface area contributed by atoms with Crippen LogP contribution in [0.15, 0.2) is 48.5 Å². The number of anilines is 1. The lowest BCUT2D eigenvalue weighted by Gasteiger charge is -2.22. The maximum Gasteiger partial charge on any atom is 0.252 e. The van der Waals surface area contributed by atoms with E-state index in [1.54, 1.807) is 6.07 Å². The molecule has 0 fully saturated rings. The molecule has 2 rings (SSSR count). The van der Waals surface area contributed by atoms with E-state index in [-0.39, 0.29) is 17.7 Å². The SMILES string of the molecule is Cc1cccc(NC(=O)[C@@H](NC(=O)c2ccccc2C)C(C)C)c1. The van der Waals surface area contributed by atoms with Gasteiger partial charge in [-0.1, -0.05) is 44.2 Å². The third-order valence-corrected chi connectivity index (χ3v) is 3.91. The third-order valence-electron chi connectivity index (χ3n) is 3.91. The van der Waals surface area contributed by atoms with E-state index in [9.17, 15) is 9.59 Å². The molecular weight excluding hydrogens is 300 g/mol. The molecule has 2 aromatic carbocycles. The van der Waals surface area contributed by atoms with Crippen molar-refractivity contribution in [3.63, 3.8) is 0 Å². The van der Waals surface area contributed by atoms with E-state index in [1.165, 1.54) is 0 Å². The number of nitrogens with one attached hydrogen (secondary N) is 2. The van der Waals surface area contributed by atoms with Crippen LogP contribution < -0.4 is 10.6 Å². The molecule has 0 aliphatic rings. The second-order valence-electron chi connectivity index (χ2n) is 6.37. The van der Waals surface area contributed by atoms with Gasteiger partial charge in [0.25, 0.3) is 5.91 Å². The number of aryl methyl sites for hydroxylation is 2. The van der Waals surface area contributed by atoms with Crippen molar-refractivity contribution in [2.24, 2.45) is 5.92 Å². The number of benzene rings is 2. The van der Waals surface area contributed by atoms with Gasteiger partial charge in [-0.25, -0.2) is 0 Å². The zero-order valence-corrected chi connectivity index (χ0v) is 14.6. The van der Waals surface area contributed by atoms with Crippen LogP contribution in [0.3, 0.4) is 0 Å². The molecule has 0 bridgehead atoms. The minimum Gasteiger partial charge on any atom is -0.340 e. The van der Waals surface area contributed by atoms with Crippen molar-refractivity contribution >= 4 is 17.5 Å². The molecule has 4 nitrogen and oxygen atoms in total. The van der Waals surface area contributed by atoms with E-state index >= 15 is 0 Å². The fraction of sp³-hybridized carbons (Fsp3) is 0.300. The van der Waals surface area contributed by atoms with Crippen LogP contribution in [0, 0.1) is 19.8 Å². The summed E-state index contributed by atoms with van der Waals surface area (Å²) >= 11 is 0. The number of hydrogen-bond acceptors (Lipinski definition) is 2. The summed E-state index contributed by atoms with van der Waals surface area (Å²) in [5.41, 5.74) is 3.27. The zero-order chi connectivity index (χ0) is 17.7. The summed E-state index contributed by atoms with van der Waals surface area (Å²) in [5, 5.41) is 5.74. The molecule has 0 aromatic heterocycles. The number of carbonyl (C=O) groups excluding carboxylic acids is 2. The van der Waals surface area contributed by atoms with E-state index in [4.69, 9.17) is 0 Å². The van der Waals surface area contributed by atoms with Crippen LogP contribution in [0.4, 0.5) is 5.69 Å². The molecule has 0 saturated carbocycles. The third kappa shape index (κ3) is 4.44. The summed E-state index contributed by atoms with van der Waals surface area (Å²) in [6.45, 7) is 7.68. The summed E-state index contributed by atoms with van der Waals surface area (Å²) in [7, 11) is 0.